The second-order valence-electron chi connectivity index (χ2n) is 5.12. The molecule has 6 nitrogen and oxygen atoms in total. The molecule has 1 fully saturated rings. The number of carboxylic acids is 1. The van der Waals surface area contributed by atoms with Gasteiger partial charge in [0.1, 0.15) is 5.82 Å². The molecule has 1 unspecified atom stereocenters. The smallest absolute Gasteiger partial charge is 0.308 e. The highest BCUT2D eigenvalue weighted by atomic mass is 32.2. The van der Waals surface area contributed by atoms with Gasteiger partial charge in [0.25, 0.3) is 5.91 Å². The topological polar surface area (TPSA) is 91.8 Å². The van der Waals surface area contributed by atoms with E-state index in [-0.39, 0.29) is 29.3 Å². The number of benzene rings is 1. The average molecular weight is 329 g/mol. The monoisotopic (exact) mass is 329 g/mol. The Bertz CT molecular complexity index is 716. The van der Waals surface area contributed by atoms with Crippen molar-refractivity contribution in [2.45, 2.75) is 18.2 Å². The van der Waals surface area contributed by atoms with E-state index in [0.29, 0.717) is 6.42 Å². The van der Waals surface area contributed by atoms with Crippen LogP contribution < -0.4 is 0 Å². The van der Waals surface area contributed by atoms with Crippen LogP contribution in [0.25, 0.3) is 0 Å². The van der Waals surface area contributed by atoms with E-state index in [4.69, 9.17) is 5.11 Å². The molecule has 1 amide bonds. The zero-order chi connectivity index (χ0) is 16.5. The Hall–Kier alpha value is -1.96. The number of likely N-dealkylation sites (tertiary alicyclic amines) is 1. The standard InChI is InChI=1S/C14H16FNO5S/c1-2-22(20,21)10-3-4-12(15)11(7-10)13(17)16-6-5-9(8-16)14(18)19/h3-4,7,9H,2,5-6,8H2,1H3,(H,18,19). The summed E-state index contributed by atoms with van der Waals surface area (Å²) in [6, 6.07) is 3.08. The first-order valence-corrected chi connectivity index (χ1v) is 8.46. The molecular formula is C14H16FNO5S. The fourth-order valence-corrected chi connectivity index (χ4v) is 3.25. The van der Waals surface area contributed by atoms with Crippen LogP contribution in [0.1, 0.15) is 23.7 Å². The Kier molecular flexibility index (Phi) is 4.50. The van der Waals surface area contributed by atoms with Crippen molar-refractivity contribution in [2.75, 3.05) is 18.8 Å². The van der Waals surface area contributed by atoms with E-state index in [2.05, 4.69) is 0 Å². The molecule has 1 atom stereocenters. The van der Waals surface area contributed by atoms with Crippen LogP contribution in [0.2, 0.25) is 0 Å². The van der Waals surface area contributed by atoms with Crippen molar-refractivity contribution in [3.8, 4) is 0 Å². The van der Waals surface area contributed by atoms with Gasteiger partial charge in [-0.1, -0.05) is 6.92 Å². The molecule has 0 aromatic heterocycles. The number of aliphatic carboxylic acids is 1. The Labute approximate surface area is 127 Å². The van der Waals surface area contributed by atoms with E-state index in [1.807, 2.05) is 0 Å². The molecule has 120 valence electrons. The summed E-state index contributed by atoms with van der Waals surface area (Å²) >= 11 is 0. The fraction of sp³-hybridized carbons (Fsp3) is 0.429. The molecule has 8 heteroatoms. The lowest BCUT2D eigenvalue weighted by Gasteiger charge is -2.16. The van der Waals surface area contributed by atoms with Crippen LogP contribution in [0.5, 0.6) is 0 Å². The van der Waals surface area contributed by atoms with Gasteiger partial charge in [0, 0.05) is 13.1 Å². The Morgan fingerprint density at radius 3 is 2.64 bits per heavy atom. The summed E-state index contributed by atoms with van der Waals surface area (Å²) in [6.07, 6.45) is 0.301. The number of nitrogens with zero attached hydrogens (tertiary/aromatic N) is 1. The molecule has 0 spiro atoms. The van der Waals surface area contributed by atoms with Crippen LogP contribution in [0.4, 0.5) is 4.39 Å². The molecular weight excluding hydrogens is 313 g/mol. The van der Waals surface area contributed by atoms with Gasteiger partial charge < -0.3 is 10.0 Å². The third-order valence-electron chi connectivity index (χ3n) is 3.73. The molecule has 0 radical (unpaired) electrons. The summed E-state index contributed by atoms with van der Waals surface area (Å²) in [5, 5.41) is 8.93. The van der Waals surface area contributed by atoms with Crippen LogP contribution >= 0.6 is 0 Å². The van der Waals surface area contributed by atoms with E-state index >= 15 is 0 Å². The molecule has 1 aromatic rings. The van der Waals surface area contributed by atoms with Gasteiger partial charge >= 0.3 is 5.97 Å². The van der Waals surface area contributed by atoms with Crippen LogP contribution in [0, 0.1) is 11.7 Å². The molecule has 1 aliphatic heterocycles. The van der Waals surface area contributed by atoms with Crippen LogP contribution in [-0.2, 0) is 14.6 Å². The van der Waals surface area contributed by atoms with Crippen LogP contribution in [0.15, 0.2) is 23.1 Å². The van der Waals surface area contributed by atoms with Crippen molar-refractivity contribution in [3.63, 3.8) is 0 Å². The third kappa shape index (κ3) is 3.11. The molecule has 0 bridgehead atoms. The summed E-state index contributed by atoms with van der Waals surface area (Å²) in [5.74, 6) is -3.34. The van der Waals surface area contributed by atoms with Gasteiger partial charge in [0.05, 0.1) is 22.1 Å². The van der Waals surface area contributed by atoms with Gasteiger partial charge in [-0.25, -0.2) is 12.8 Å². The molecule has 1 heterocycles. The number of rotatable bonds is 4. The van der Waals surface area contributed by atoms with Gasteiger partial charge in [0.15, 0.2) is 9.84 Å². The van der Waals surface area contributed by atoms with Crippen molar-refractivity contribution in [1.82, 2.24) is 4.90 Å². The highest BCUT2D eigenvalue weighted by Gasteiger charge is 2.32. The van der Waals surface area contributed by atoms with Crippen molar-refractivity contribution >= 4 is 21.7 Å². The van der Waals surface area contributed by atoms with Crippen molar-refractivity contribution < 1.29 is 27.5 Å². The molecule has 22 heavy (non-hydrogen) atoms. The summed E-state index contributed by atoms with van der Waals surface area (Å²) < 4.78 is 37.5. The first-order chi connectivity index (χ1) is 10.3. The van der Waals surface area contributed by atoms with Crippen molar-refractivity contribution in [2.24, 2.45) is 5.92 Å². The Morgan fingerprint density at radius 1 is 1.41 bits per heavy atom. The minimum Gasteiger partial charge on any atom is -0.481 e. The number of sulfone groups is 1. The maximum absolute atomic E-state index is 13.9. The number of hydrogen-bond acceptors (Lipinski definition) is 4. The van der Waals surface area contributed by atoms with Gasteiger partial charge in [-0.3, -0.25) is 9.59 Å². The fourth-order valence-electron chi connectivity index (χ4n) is 2.35. The number of carbonyl (C=O) groups is 2. The van der Waals surface area contributed by atoms with Crippen LogP contribution in [-0.4, -0.2) is 49.1 Å². The first kappa shape index (κ1) is 16.4. The second kappa shape index (κ2) is 6.04. The number of carboxylic acid groups (broad SMARTS) is 1. The Morgan fingerprint density at radius 2 is 2.09 bits per heavy atom. The third-order valence-corrected chi connectivity index (χ3v) is 5.46. The molecule has 1 N–H and O–H groups in total. The van der Waals surface area contributed by atoms with E-state index in [9.17, 15) is 22.4 Å². The van der Waals surface area contributed by atoms with E-state index in [1.165, 1.54) is 11.8 Å². The predicted molar refractivity (Wildman–Crippen MR) is 75.8 cm³/mol. The van der Waals surface area contributed by atoms with E-state index in [1.54, 1.807) is 0 Å². The second-order valence-corrected chi connectivity index (χ2v) is 7.40. The molecule has 0 aliphatic carbocycles. The lowest BCUT2D eigenvalue weighted by molar-refractivity contribution is -0.141. The molecule has 2 rings (SSSR count). The zero-order valence-corrected chi connectivity index (χ0v) is 12.8. The Balaban J connectivity index is 2.31. The van der Waals surface area contributed by atoms with E-state index < -0.39 is 33.4 Å². The maximum atomic E-state index is 13.9. The molecule has 1 saturated heterocycles. The minimum atomic E-state index is -3.55. The lowest BCUT2D eigenvalue weighted by atomic mass is 10.1. The van der Waals surface area contributed by atoms with Gasteiger partial charge in [-0.15, -0.1) is 0 Å². The first-order valence-electron chi connectivity index (χ1n) is 6.80. The van der Waals surface area contributed by atoms with Crippen molar-refractivity contribution in [1.29, 1.82) is 0 Å². The van der Waals surface area contributed by atoms with Crippen molar-refractivity contribution in [3.05, 3.63) is 29.6 Å². The summed E-state index contributed by atoms with van der Waals surface area (Å²) in [6.45, 7) is 1.66. The molecule has 1 aromatic carbocycles. The van der Waals surface area contributed by atoms with Gasteiger partial charge in [-0.2, -0.15) is 0 Å². The zero-order valence-electron chi connectivity index (χ0n) is 12.0. The summed E-state index contributed by atoms with van der Waals surface area (Å²) in [4.78, 5) is 24.3. The number of carbonyl (C=O) groups excluding carboxylic acids is 1. The SMILES string of the molecule is CCS(=O)(=O)c1ccc(F)c(C(=O)N2CCC(C(=O)O)C2)c1. The largest absolute Gasteiger partial charge is 0.481 e. The summed E-state index contributed by atoms with van der Waals surface area (Å²) in [7, 11) is -3.55. The summed E-state index contributed by atoms with van der Waals surface area (Å²) in [5.41, 5.74) is -0.347. The van der Waals surface area contributed by atoms with Gasteiger partial charge in [-0.05, 0) is 24.6 Å². The van der Waals surface area contributed by atoms with Gasteiger partial charge in [0.2, 0.25) is 0 Å². The minimum absolute atomic E-state index is 0.00162. The number of hydrogen-bond donors (Lipinski definition) is 1. The molecule has 0 saturated carbocycles. The highest BCUT2D eigenvalue weighted by Crippen LogP contribution is 2.22. The maximum Gasteiger partial charge on any atom is 0.308 e. The highest BCUT2D eigenvalue weighted by molar-refractivity contribution is 7.91. The predicted octanol–water partition coefficient (Wildman–Crippen LogP) is 1.17. The normalized spacial score (nSPS) is 18.5. The quantitative estimate of drug-likeness (QED) is 0.837. The number of halogens is 1. The lowest BCUT2D eigenvalue weighted by Crippen LogP contribution is -2.30. The van der Waals surface area contributed by atoms with Crippen LogP contribution in [0.3, 0.4) is 0 Å². The number of amides is 1. The van der Waals surface area contributed by atoms with E-state index in [0.717, 1.165) is 18.2 Å². The average Bonchev–Trinajstić information content (AvgIpc) is 2.97. The molecule has 1 aliphatic rings.